The number of amides is 1. The Kier molecular flexibility index (Phi) is 3.49. The molecule has 0 aliphatic heterocycles. The second-order valence-corrected chi connectivity index (χ2v) is 4.65. The second kappa shape index (κ2) is 4.87. The summed E-state index contributed by atoms with van der Waals surface area (Å²) in [6.07, 6.45) is 3.65. The Bertz CT molecular complexity index is 404. The van der Waals surface area contributed by atoms with Crippen LogP contribution in [-0.2, 0) is 0 Å². The zero-order valence-corrected chi connectivity index (χ0v) is 9.77. The van der Waals surface area contributed by atoms with E-state index in [1.807, 2.05) is 0 Å². The molecule has 0 atom stereocenters. The van der Waals surface area contributed by atoms with Crippen molar-refractivity contribution in [3.63, 3.8) is 0 Å². The molecule has 1 aliphatic rings. The van der Waals surface area contributed by atoms with E-state index >= 15 is 0 Å². The number of hydrogen-bond acceptors (Lipinski definition) is 2. The second-order valence-electron chi connectivity index (χ2n) is 4.17. The molecule has 0 saturated heterocycles. The van der Waals surface area contributed by atoms with Crippen LogP contribution in [0.25, 0.3) is 0 Å². The zero-order valence-electron chi connectivity index (χ0n) is 8.87. The Labute approximate surface area is 99.6 Å². The standard InChI is InChI=1S/C12H14FNOS/c13-10-5-4-9(6-11(10)16)12(15)14-7-8-2-1-3-8/h4-6,8,16H,1-3,7H2,(H,14,15). The van der Waals surface area contributed by atoms with Gasteiger partial charge in [0, 0.05) is 17.0 Å². The number of nitrogens with one attached hydrogen (secondary N) is 1. The van der Waals surface area contributed by atoms with E-state index in [1.165, 1.54) is 37.5 Å². The molecular formula is C12H14FNOS. The third-order valence-electron chi connectivity index (χ3n) is 2.98. The van der Waals surface area contributed by atoms with Crippen LogP contribution < -0.4 is 5.32 Å². The van der Waals surface area contributed by atoms with Gasteiger partial charge in [-0.2, -0.15) is 0 Å². The molecule has 2 nitrogen and oxygen atoms in total. The minimum absolute atomic E-state index is 0.151. The summed E-state index contributed by atoms with van der Waals surface area (Å²) in [6, 6.07) is 4.19. The Balaban J connectivity index is 1.94. The fraction of sp³-hybridized carbons (Fsp3) is 0.417. The van der Waals surface area contributed by atoms with Gasteiger partial charge in [0.2, 0.25) is 0 Å². The summed E-state index contributed by atoms with van der Waals surface area (Å²) in [4.78, 5) is 11.9. The Morgan fingerprint density at radius 2 is 2.25 bits per heavy atom. The van der Waals surface area contributed by atoms with Gasteiger partial charge in [-0.05, 0) is 37.0 Å². The van der Waals surface area contributed by atoms with Crippen molar-refractivity contribution in [2.75, 3.05) is 6.54 Å². The lowest BCUT2D eigenvalue weighted by molar-refractivity contribution is 0.0939. The van der Waals surface area contributed by atoms with Gasteiger partial charge in [0.15, 0.2) is 0 Å². The maximum atomic E-state index is 12.9. The molecule has 16 heavy (non-hydrogen) atoms. The summed E-state index contributed by atoms with van der Waals surface area (Å²) >= 11 is 3.95. The summed E-state index contributed by atoms with van der Waals surface area (Å²) in [6.45, 7) is 0.720. The zero-order chi connectivity index (χ0) is 11.5. The van der Waals surface area contributed by atoms with Gasteiger partial charge in [-0.15, -0.1) is 12.6 Å². The van der Waals surface area contributed by atoms with Crippen LogP contribution in [0.5, 0.6) is 0 Å². The van der Waals surface area contributed by atoms with Gasteiger partial charge in [0.25, 0.3) is 5.91 Å². The SMILES string of the molecule is O=C(NCC1CCC1)c1ccc(F)c(S)c1. The topological polar surface area (TPSA) is 29.1 Å². The monoisotopic (exact) mass is 239 g/mol. The molecule has 2 rings (SSSR count). The Morgan fingerprint density at radius 1 is 1.50 bits per heavy atom. The van der Waals surface area contributed by atoms with Crippen LogP contribution in [0.4, 0.5) is 4.39 Å². The van der Waals surface area contributed by atoms with Gasteiger partial charge in [0.05, 0.1) is 0 Å². The predicted octanol–water partition coefficient (Wildman–Crippen LogP) is 2.64. The highest BCUT2D eigenvalue weighted by Crippen LogP contribution is 2.25. The molecule has 0 bridgehead atoms. The number of thiol groups is 1. The highest BCUT2D eigenvalue weighted by Gasteiger charge is 2.18. The molecule has 0 unspecified atom stereocenters. The molecule has 0 heterocycles. The van der Waals surface area contributed by atoms with Gasteiger partial charge in [-0.25, -0.2) is 4.39 Å². The van der Waals surface area contributed by atoms with Crippen molar-refractivity contribution in [3.8, 4) is 0 Å². The van der Waals surface area contributed by atoms with Crippen molar-refractivity contribution in [2.45, 2.75) is 24.2 Å². The van der Waals surface area contributed by atoms with Crippen LogP contribution in [0.2, 0.25) is 0 Å². The van der Waals surface area contributed by atoms with Crippen LogP contribution in [0.3, 0.4) is 0 Å². The van der Waals surface area contributed by atoms with Crippen molar-refractivity contribution in [1.29, 1.82) is 0 Å². The summed E-state index contributed by atoms with van der Waals surface area (Å²) in [5.74, 6) is 0.0703. The molecular weight excluding hydrogens is 225 g/mol. The summed E-state index contributed by atoms with van der Waals surface area (Å²) in [5, 5.41) is 2.85. The Morgan fingerprint density at radius 3 is 2.81 bits per heavy atom. The number of halogens is 1. The lowest BCUT2D eigenvalue weighted by Gasteiger charge is -2.25. The third kappa shape index (κ3) is 2.55. The maximum Gasteiger partial charge on any atom is 0.251 e. The lowest BCUT2D eigenvalue weighted by Crippen LogP contribution is -2.32. The van der Waals surface area contributed by atoms with Crippen LogP contribution in [0.15, 0.2) is 23.1 Å². The minimum atomic E-state index is -0.404. The smallest absolute Gasteiger partial charge is 0.251 e. The molecule has 4 heteroatoms. The van der Waals surface area contributed by atoms with E-state index in [0.29, 0.717) is 11.5 Å². The number of hydrogen-bond donors (Lipinski definition) is 2. The van der Waals surface area contributed by atoms with E-state index in [9.17, 15) is 9.18 Å². The molecule has 1 fully saturated rings. The van der Waals surface area contributed by atoms with Gasteiger partial charge in [-0.1, -0.05) is 6.42 Å². The average Bonchev–Trinajstić information content (AvgIpc) is 2.19. The molecule has 0 spiro atoms. The fourth-order valence-corrected chi connectivity index (χ4v) is 1.90. The quantitative estimate of drug-likeness (QED) is 0.780. The van der Waals surface area contributed by atoms with Crippen molar-refractivity contribution in [1.82, 2.24) is 5.32 Å². The molecule has 1 aromatic carbocycles. The van der Waals surface area contributed by atoms with E-state index in [2.05, 4.69) is 17.9 Å². The molecule has 0 aromatic heterocycles. The maximum absolute atomic E-state index is 12.9. The highest BCUT2D eigenvalue weighted by molar-refractivity contribution is 7.80. The van der Waals surface area contributed by atoms with Crippen LogP contribution in [0, 0.1) is 11.7 Å². The summed E-state index contributed by atoms with van der Waals surface area (Å²) in [7, 11) is 0. The van der Waals surface area contributed by atoms with Crippen LogP contribution in [-0.4, -0.2) is 12.5 Å². The normalized spacial score (nSPS) is 15.6. The Hall–Kier alpha value is -1.03. The largest absolute Gasteiger partial charge is 0.352 e. The number of carbonyl (C=O) groups is 1. The average molecular weight is 239 g/mol. The first-order chi connectivity index (χ1) is 7.66. The minimum Gasteiger partial charge on any atom is -0.352 e. The highest BCUT2D eigenvalue weighted by atomic mass is 32.1. The van der Waals surface area contributed by atoms with Crippen molar-refractivity contribution in [3.05, 3.63) is 29.6 Å². The predicted molar refractivity (Wildman–Crippen MR) is 63.3 cm³/mol. The third-order valence-corrected chi connectivity index (χ3v) is 3.33. The molecule has 1 amide bonds. The molecule has 1 saturated carbocycles. The van der Waals surface area contributed by atoms with Gasteiger partial charge < -0.3 is 5.32 Å². The fourth-order valence-electron chi connectivity index (χ4n) is 1.69. The van der Waals surface area contributed by atoms with Gasteiger partial charge in [0.1, 0.15) is 5.82 Å². The first kappa shape index (κ1) is 11.5. The van der Waals surface area contributed by atoms with Crippen molar-refractivity contribution >= 4 is 18.5 Å². The molecule has 1 aliphatic carbocycles. The summed E-state index contributed by atoms with van der Waals surface area (Å²) < 4.78 is 12.9. The molecule has 1 N–H and O–H groups in total. The molecule has 1 aromatic rings. The first-order valence-electron chi connectivity index (χ1n) is 5.43. The van der Waals surface area contributed by atoms with Crippen LogP contribution in [0.1, 0.15) is 29.6 Å². The van der Waals surface area contributed by atoms with Crippen molar-refractivity contribution < 1.29 is 9.18 Å². The molecule has 0 radical (unpaired) electrons. The van der Waals surface area contributed by atoms with E-state index in [4.69, 9.17) is 0 Å². The van der Waals surface area contributed by atoms with Gasteiger partial charge >= 0.3 is 0 Å². The summed E-state index contributed by atoms with van der Waals surface area (Å²) in [5.41, 5.74) is 0.464. The van der Waals surface area contributed by atoms with E-state index < -0.39 is 5.82 Å². The number of carbonyl (C=O) groups excluding carboxylic acids is 1. The first-order valence-corrected chi connectivity index (χ1v) is 5.88. The van der Waals surface area contributed by atoms with Crippen LogP contribution >= 0.6 is 12.6 Å². The van der Waals surface area contributed by atoms with E-state index in [-0.39, 0.29) is 10.8 Å². The van der Waals surface area contributed by atoms with Gasteiger partial charge in [-0.3, -0.25) is 4.79 Å². The molecule has 86 valence electrons. The van der Waals surface area contributed by atoms with Crippen molar-refractivity contribution in [2.24, 2.45) is 5.92 Å². The van der Waals surface area contributed by atoms with E-state index in [0.717, 1.165) is 6.54 Å². The lowest BCUT2D eigenvalue weighted by atomic mass is 9.85. The number of benzene rings is 1. The number of rotatable bonds is 3. The van der Waals surface area contributed by atoms with E-state index in [1.54, 1.807) is 0 Å².